The summed E-state index contributed by atoms with van der Waals surface area (Å²) in [5.41, 5.74) is 3.98. The smallest absolute Gasteiger partial charge is 0.202 e. The van der Waals surface area contributed by atoms with Crippen LogP contribution in [-0.4, -0.2) is 20.0 Å². The highest BCUT2D eigenvalue weighted by Crippen LogP contribution is 2.40. The van der Waals surface area contributed by atoms with Gasteiger partial charge in [-0.05, 0) is 40.9 Å². The minimum atomic E-state index is -0.314. The molecular weight excluding hydrogens is 550 g/mol. The van der Waals surface area contributed by atoms with Crippen LogP contribution in [0.1, 0.15) is 107 Å². The fourth-order valence-electron chi connectivity index (χ4n) is 5.09. The number of carbonyl (C=O) groups excluding carboxylic acids is 1. The van der Waals surface area contributed by atoms with Crippen molar-refractivity contribution in [1.29, 1.82) is 5.41 Å². The quantitative estimate of drug-likeness (QED) is 0.233. The van der Waals surface area contributed by atoms with E-state index in [4.69, 9.17) is 5.41 Å². The number of ketones is 1. The van der Waals surface area contributed by atoms with Crippen molar-refractivity contribution >= 4 is 22.8 Å². The van der Waals surface area contributed by atoms with E-state index in [-0.39, 0.29) is 45.9 Å². The van der Waals surface area contributed by atoms with Crippen molar-refractivity contribution in [3.63, 3.8) is 0 Å². The van der Waals surface area contributed by atoms with Crippen molar-refractivity contribution in [3.8, 4) is 5.75 Å². The van der Waals surface area contributed by atoms with Gasteiger partial charge in [-0.2, -0.15) is 0 Å². The van der Waals surface area contributed by atoms with E-state index in [9.17, 15) is 9.90 Å². The molecule has 0 spiro atoms. The van der Waals surface area contributed by atoms with E-state index in [0.717, 1.165) is 48.2 Å². The van der Waals surface area contributed by atoms with Crippen LogP contribution in [0.3, 0.4) is 0 Å². The maximum Gasteiger partial charge on any atom is 0.202 e. The molecule has 0 atom stereocenters. The van der Waals surface area contributed by atoms with Gasteiger partial charge >= 0.3 is 0 Å². The molecule has 0 fully saturated rings. The number of halogens is 1. The fourth-order valence-corrected chi connectivity index (χ4v) is 5.09. The molecule has 6 heteroatoms. The van der Waals surface area contributed by atoms with Gasteiger partial charge in [-0.25, -0.2) is 0 Å². The number of carbonyl (C=O) groups is 1. The lowest BCUT2D eigenvalue weighted by Gasteiger charge is -2.28. The van der Waals surface area contributed by atoms with Gasteiger partial charge < -0.3 is 14.2 Å². The number of phenols is 1. The second kappa shape index (κ2) is 13.2. The normalized spacial score (nSPS) is 12.0. The predicted octanol–water partition coefficient (Wildman–Crippen LogP) is 7.95. The maximum atomic E-state index is 13.8. The molecule has 0 aliphatic carbocycles. The molecule has 39 heavy (non-hydrogen) atoms. The second-order valence-corrected chi connectivity index (χ2v) is 12.7. The Morgan fingerprint density at radius 1 is 0.949 bits per heavy atom. The first-order chi connectivity index (χ1) is 17.8. The summed E-state index contributed by atoms with van der Waals surface area (Å²) in [7, 11) is 0. The van der Waals surface area contributed by atoms with Crippen LogP contribution in [0.5, 0.6) is 5.75 Å². The monoisotopic (exact) mass is 597 g/mol. The van der Waals surface area contributed by atoms with Crippen molar-refractivity contribution < 1.29 is 9.90 Å². The van der Waals surface area contributed by atoms with Crippen LogP contribution < -0.4 is 5.62 Å². The summed E-state index contributed by atoms with van der Waals surface area (Å²) in [6.45, 7) is 17.6. The van der Waals surface area contributed by atoms with Crippen molar-refractivity contribution in [2.24, 2.45) is 5.92 Å². The maximum absolute atomic E-state index is 13.8. The molecule has 1 heterocycles. The molecule has 0 unspecified atom stereocenters. The Hall–Kier alpha value is -2.60. The zero-order valence-electron chi connectivity index (χ0n) is 25.1. The van der Waals surface area contributed by atoms with E-state index in [0.29, 0.717) is 23.5 Å². The predicted molar refractivity (Wildman–Crippen MR) is 166 cm³/mol. The SMILES string of the molecule is Br.CCC(CC)CCn1cc(Cc2ccccc2)n(CC(=O)c2cc(C(C)(C)C)c(O)c(C(C)(C)C)c2)c1=N. The third kappa shape index (κ3) is 7.97. The molecule has 1 aromatic heterocycles. The average molecular weight is 599 g/mol. The lowest BCUT2D eigenvalue weighted by Crippen LogP contribution is -2.29. The van der Waals surface area contributed by atoms with Crippen molar-refractivity contribution in [1.82, 2.24) is 9.13 Å². The summed E-state index contributed by atoms with van der Waals surface area (Å²) in [6.07, 6.45) is 6.01. The van der Waals surface area contributed by atoms with E-state index in [2.05, 4.69) is 73.7 Å². The van der Waals surface area contributed by atoms with E-state index >= 15 is 0 Å². The van der Waals surface area contributed by atoms with Crippen LogP contribution in [0.4, 0.5) is 0 Å². The van der Waals surface area contributed by atoms with E-state index in [1.165, 1.54) is 0 Å². The lowest BCUT2D eigenvalue weighted by atomic mass is 9.78. The van der Waals surface area contributed by atoms with Gasteiger partial charge in [-0.15, -0.1) is 17.0 Å². The molecule has 0 amide bonds. The van der Waals surface area contributed by atoms with Gasteiger partial charge in [0.25, 0.3) is 0 Å². The van der Waals surface area contributed by atoms with Crippen molar-refractivity contribution in [3.05, 3.63) is 82.2 Å². The van der Waals surface area contributed by atoms with Gasteiger partial charge in [-0.3, -0.25) is 10.2 Å². The number of benzene rings is 2. The number of hydrogen-bond donors (Lipinski definition) is 2. The van der Waals surface area contributed by atoms with E-state index in [1.54, 1.807) is 0 Å². The first-order valence-electron chi connectivity index (χ1n) is 14.0. The number of hydrogen-bond acceptors (Lipinski definition) is 3. The third-order valence-electron chi connectivity index (χ3n) is 7.69. The molecule has 2 aromatic carbocycles. The Kier molecular flexibility index (Phi) is 11.0. The molecule has 0 bridgehead atoms. The Morgan fingerprint density at radius 2 is 1.49 bits per heavy atom. The first kappa shape index (κ1) is 32.6. The molecule has 3 rings (SSSR count). The molecule has 3 aromatic rings. The van der Waals surface area contributed by atoms with E-state index in [1.807, 2.05) is 39.5 Å². The Bertz CT molecular complexity index is 1270. The van der Waals surface area contributed by atoms with Gasteiger partial charge in [0, 0.05) is 41.5 Å². The summed E-state index contributed by atoms with van der Waals surface area (Å²) >= 11 is 0. The van der Waals surface area contributed by atoms with Crippen LogP contribution in [0.15, 0.2) is 48.7 Å². The molecule has 5 nitrogen and oxygen atoms in total. The topological polar surface area (TPSA) is 71.0 Å². The lowest BCUT2D eigenvalue weighted by molar-refractivity contribution is 0.0968. The van der Waals surface area contributed by atoms with Crippen LogP contribution >= 0.6 is 17.0 Å². The number of phenolic OH excluding ortho intramolecular Hbond substituents is 1. The molecule has 0 aliphatic heterocycles. The summed E-state index contributed by atoms with van der Waals surface area (Å²) in [6, 6.07) is 13.9. The number of imidazole rings is 1. The molecule has 0 aliphatic rings. The minimum absolute atomic E-state index is 0. The summed E-state index contributed by atoms with van der Waals surface area (Å²) < 4.78 is 3.87. The number of Topliss-reactive ketones (excluding diaryl/α,β-unsaturated/α-hetero) is 1. The first-order valence-corrected chi connectivity index (χ1v) is 14.0. The molecular formula is C33H48BrN3O2. The highest BCUT2D eigenvalue weighted by atomic mass is 79.9. The Balaban J connectivity index is 0.00000533. The highest BCUT2D eigenvalue weighted by molar-refractivity contribution is 8.93. The molecule has 2 N–H and O–H groups in total. The average Bonchev–Trinajstić information content (AvgIpc) is 3.13. The Labute approximate surface area is 245 Å². The second-order valence-electron chi connectivity index (χ2n) is 12.7. The zero-order chi connectivity index (χ0) is 28.3. The van der Waals surface area contributed by atoms with Gasteiger partial charge in [0.15, 0.2) is 5.78 Å². The molecule has 214 valence electrons. The fraction of sp³-hybridized carbons (Fsp3) is 0.515. The van der Waals surface area contributed by atoms with Gasteiger partial charge in [0.2, 0.25) is 5.62 Å². The number of aromatic nitrogens is 2. The number of aryl methyl sites for hydroxylation is 1. The molecule has 0 saturated heterocycles. The molecule has 0 saturated carbocycles. The van der Waals surface area contributed by atoms with E-state index < -0.39 is 0 Å². The van der Waals surface area contributed by atoms with Crippen LogP contribution in [0.2, 0.25) is 0 Å². The van der Waals surface area contributed by atoms with Crippen molar-refractivity contribution in [2.45, 2.75) is 105 Å². The van der Waals surface area contributed by atoms with Crippen LogP contribution in [-0.2, 0) is 30.3 Å². The molecule has 0 radical (unpaired) electrons. The number of nitrogens with zero attached hydrogens (tertiary/aromatic N) is 2. The number of nitrogens with one attached hydrogen (secondary N) is 1. The van der Waals surface area contributed by atoms with Gasteiger partial charge in [0.05, 0.1) is 6.54 Å². The number of rotatable bonds is 10. The highest BCUT2D eigenvalue weighted by Gasteiger charge is 2.28. The summed E-state index contributed by atoms with van der Waals surface area (Å²) in [5.74, 6) is 0.854. The van der Waals surface area contributed by atoms with Crippen molar-refractivity contribution in [2.75, 3.05) is 0 Å². The third-order valence-corrected chi connectivity index (χ3v) is 7.69. The van der Waals surface area contributed by atoms with Gasteiger partial charge in [0.1, 0.15) is 5.75 Å². The van der Waals surface area contributed by atoms with Gasteiger partial charge in [-0.1, -0.05) is 98.6 Å². The zero-order valence-corrected chi connectivity index (χ0v) is 26.8. The summed E-state index contributed by atoms with van der Waals surface area (Å²) in [5, 5.41) is 20.1. The standard InChI is InChI=1S/C33H47N3O2.BrH/c1-9-23(10-2)16-17-35-21-26(18-24-14-12-11-13-15-24)36(31(35)34)22-29(37)25-19-27(32(3,4)5)30(38)28(20-25)33(6,7)8;/h11-15,19-21,23,34,38H,9-10,16-18,22H2,1-8H3;1H. The minimum Gasteiger partial charge on any atom is -0.507 e. The number of aromatic hydroxyl groups is 1. The largest absolute Gasteiger partial charge is 0.507 e. The Morgan fingerprint density at radius 3 is 1.97 bits per heavy atom. The van der Waals surface area contributed by atoms with Crippen LogP contribution in [0.25, 0.3) is 0 Å². The van der Waals surface area contributed by atoms with Crippen LogP contribution in [0, 0.1) is 11.3 Å². The summed E-state index contributed by atoms with van der Waals surface area (Å²) in [4.78, 5) is 13.8.